The number of amides is 1. The summed E-state index contributed by atoms with van der Waals surface area (Å²) in [6.07, 6.45) is 9.27. The maximum Gasteiger partial charge on any atom is 0.227 e. The molecule has 0 saturated carbocycles. The molecule has 2 saturated heterocycles. The van der Waals surface area contributed by atoms with E-state index in [-0.39, 0.29) is 11.7 Å². The van der Waals surface area contributed by atoms with Gasteiger partial charge in [-0.05, 0) is 116 Å². The molecule has 5 heteroatoms. The van der Waals surface area contributed by atoms with Gasteiger partial charge in [-0.3, -0.25) is 4.79 Å². The van der Waals surface area contributed by atoms with Crippen LogP contribution in [-0.4, -0.2) is 54.2 Å². The number of hydrogen-bond acceptors (Lipinski definition) is 3. The summed E-state index contributed by atoms with van der Waals surface area (Å²) in [6.45, 7) is 6.22. The molecule has 0 unspecified atom stereocenters. The molecule has 2 aromatic rings. The lowest BCUT2D eigenvalue weighted by atomic mass is 10.0. The van der Waals surface area contributed by atoms with Crippen LogP contribution in [-0.2, 0) is 4.79 Å². The molecule has 1 aliphatic carbocycles. The summed E-state index contributed by atoms with van der Waals surface area (Å²) in [5, 5.41) is 0. The maximum absolute atomic E-state index is 14.3. The highest BCUT2D eigenvalue weighted by molar-refractivity contribution is 7.98. The molecular formula is C29H33FN2OS. The summed E-state index contributed by atoms with van der Waals surface area (Å²) >= 11 is 1.72. The Labute approximate surface area is 206 Å². The molecule has 0 radical (unpaired) electrons. The Balaban J connectivity index is 1.42. The van der Waals surface area contributed by atoms with E-state index < -0.39 is 0 Å². The van der Waals surface area contributed by atoms with Crippen molar-refractivity contribution in [2.45, 2.75) is 50.0 Å². The number of thioether (sulfide) groups is 1. The number of rotatable bonds is 6. The first kappa shape index (κ1) is 23.4. The predicted molar refractivity (Wildman–Crippen MR) is 140 cm³/mol. The molecule has 3 aliphatic rings. The van der Waals surface area contributed by atoms with Gasteiger partial charge >= 0.3 is 0 Å². The lowest BCUT2D eigenvalue weighted by Gasteiger charge is -2.29. The molecule has 5 rings (SSSR count). The van der Waals surface area contributed by atoms with Crippen molar-refractivity contribution in [1.29, 1.82) is 0 Å². The van der Waals surface area contributed by atoms with Crippen molar-refractivity contribution in [2.24, 2.45) is 0 Å². The highest BCUT2D eigenvalue weighted by Gasteiger charge is 2.33. The van der Waals surface area contributed by atoms with Crippen LogP contribution >= 0.6 is 11.8 Å². The van der Waals surface area contributed by atoms with Crippen LogP contribution in [0.15, 0.2) is 52.9 Å². The van der Waals surface area contributed by atoms with E-state index >= 15 is 0 Å². The molecule has 3 nitrogen and oxygen atoms in total. The number of fused-ring (bicyclic) bond motifs is 1. The second-order valence-corrected chi connectivity index (χ2v) is 10.6. The van der Waals surface area contributed by atoms with Gasteiger partial charge in [0.1, 0.15) is 5.82 Å². The number of likely N-dealkylation sites (tertiary alicyclic amines) is 2. The molecule has 2 heterocycles. The molecule has 0 aromatic heterocycles. The molecule has 0 spiro atoms. The highest BCUT2D eigenvalue weighted by Crippen LogP contribution is 2.44. The van der Waals surface area contributed by atoms with Gasteiger partial charge in [0.2, 0.25) is 5.91 Å². The van der Waals surface area contributed by atoms with Crippen molar-refractivity contribution in [1.82, 2.24) is 9.80 Å². The summed E-state index contributed by atoms with van der Waals surface area (Å²) in [6, 6.07) is 13.8. The number of benzene rings is 2. The molecule has 2 aromatic carbocycles. The Morgan fingerprint density at radius 2 is 1.82 bits per heavy atom. The van der Waals surface area contributed by atoms with Gasteiger partial charge < -0.3 is 9.80 Å². The van der Waals surface area contributed by atoms with Gasteiger partial charge in [-0.1, -0.05) is 18.2 Å². The molecule has 34 heavy (non-hydrogen) atoms. The van der Waals surface area contributed by atoms with E-state index in [2.05, 4.69) is 53.3 Å². The van der Waals surface area contributed by atoms with Crippen LogP contribution < -0.4 is 0 Å². The molecule has 1 atom stereocenters. The zero-order valence-corrected chi connectivity index (χ0v) is 21.0. The largest absolute Gasteiger partial charge is 0.338 e. The third-order valence-electron chi connectivity index (χ3n) is 7.57. The summed E-state index contributed by atoms with van der Waals surface area (Å²) in [4.78, 5) is 19.3. The van der Waals surface area contributed by atoms with Crippen LogP contribution in [0.5, 0.6) is 0 Å². The second-order valence-electron chi connectivity index (χ2n) is 9.69. The van der Waals surface area contributed by atoms with Gasteiger partial charge in [0.05, 0.1) is 6.42 Å². The zero-order valence-electron chi connectivity index (χ0n) is 20.1. The van der Waals surface area contributed by atoms with Crippen molar-refractivity contribution < 1.29 is 9.18 Å². The molecular weight excluding hydrogens is 443 g/mol. The van der Waals surface area contributed by atoms with Crippen molar-refractivity contribution in [3.05, 3.63) is 70.5 Å². The Morgan fingerprint density at radius 1 is 1.06 bits per heavy atom. The van der Waals surface area contributed by atoms with Crippen LogP contribution in [0.25, 0.3) is 17.2 Å². The van der Waals surface area contributed by atoms with Crippen molar-refractivity contribution >= 4 is 34.9 Å². The normalized spacial score (nSPS) is 21.7. The Morgan fingerprint density at radius 3 is 2.56 bits per heavy atom. The summed E-state index contributed by atoms with van der Waals surface area (Å²) < 4.78 is 14.3. The minimum Gasteiger partial charge on any atom is -0.338 e. The minimum absolute atomic E-state index is 0.178. The van der Waals surface area contributed by atoms with Gasteiger partial charge in [-0.25, -0.2) is 4.39 Å². The number of carbonyl (C=O) groups is 1. The standard InChI is InChI=1S/C29H33FN2OS/c1-20-26(16-21-7-10-24(34-2)11-8-21)25-12-9-22(30)17-28(25)27(20)18-29(33)32-15-5-6-23(32)19-31-13-3-4-14-31/h7-12,16-17,23H,3-6,13-15,18-19H2,1-2H3/b26-16-/t23-/m0/s1. The van der Waals surface area contributed by atoms with E-state index in [1.54, 1.807) is 17.8 Å². The fourth-order valence-electron chi connectivity index (χ4n) is 5.72. The molecule has 0 bridgehead atoms. The Kier molecular flexibility index (Phi) is 6.94. The molecule has 2 fully saturated rings. The first-order valence-corrected chi connectivity index (χ1v) is 13.6. The summed E-state index contributed by atoms with van der Waals surface area (Å²) in [5.74, 6) is -0.0769. The third-order valence-corrected chi connectivity index (χ3v) is 8.32. The van der Waals surface area contributed by atoms with Crippen LogP contribution in [0.1, 0.15) is 55.7 Å². The lowest BCUT2D eigenvalue weighted by Crippen LogP contribution is -2.42. The maximum atomic E-state index is 14.3. The molecule has 2 aliphatic heterocycles. The van der Waals surface area contributed by atoms with Crippen molar-refractivity contribution in [2.75, 3.05) is 32.4 Å². The van der Waals surface area contributed by atoms with Gasteiger partial charge in [-0.15, -0.1) is 11.8 Å². The van der Waals surface area contributed by atoms with Gasteiger partial charge in [0, 0.05) is 24.0 Å². The predicted octanol–water partition coefficient (Wildman–Crippen LogP) is 6.35. The average Bonchev–Trinajstić information content (AvgIpc) is 3.58. The number of hydrogen-bond donors (Lipinski definition) is 0. The topological polar surface area (TPSA) is 23.6 Å². The second kappa shape index (κ2) is 10.1. The van der Waals surface area contributed by atoms with E-state index in [4.69, 9.17) is 0 Å². The lowest BCUT2D eigenvalue weighted by molar-refractivity contribution is -0.131. The molecule has 0 N–H and O–H groups in total. The minimum atomic E-state index is -0.254. The first-order valence-electron chi connectivity index (χ1n) is 12.4. The van der Waals surface area contributed by atoms with Crippen LogP contribution in [0.2, 0.25) is 0 Å². The first-order chi connectivity index (χ1) is 16.5. The van der Waals surface area contributed by atoms with Gasteiger partial charge in [0.15, 0.2) is 0 Å². The zero-order chi connectivity index (χ0) is 23.7. The van der Waals surface area contributed by atoms with Crippen molar-refractivity contribution in [3.8, 4) is 0 Å². The van der Waals surface area contributed by atoms with Gasteiger partial charge in [-0.2, -0.15) is 0 Å². The number of halogens is 1. The van der Waals surface area contributed by atoms with E-state index in [0.29, 0.717) is 12.5 Å². The van der Waals surface area contributed by atoms with E-state index in [9.17, 15) is 9.18 Å². The molecule has 1 amide bonds. The smallest absolute Gasteiger partial charge is 0.227 e. The number of carbonyl (C=O) groups excluding carboxylic acids is 1. The Bertz CT molecular complexity index is 1130. The number of allylic oxidation sites excluding steroid dienone is 2. The quantitative estimate of drug-likeness (QED) is 0.454. The van der Waals surface area contributed by atoms with Crippen LogP contribution in [0.4, 0.5) is 4.39 Å². The average molecular weight is 477 g/mol. The van der Waals surface area contributed by atoms with E-state index in [0.717, 1.165) is 72.4 Å². The summed E-state index contributed by atoms with van der Waals surface area (Å²) in [5.41, 5.74) is 6.14. The van der Waals surface area contributed by atoms with Crippen LogP contribution in [0, 0.1) is 5.82 Å². The Hall–Kier alpha value is -2.37. The van der Waals surface area contributed by atoms with Gasteiger partial charge in [0.25, 0.3) is 0 Å². The fourth-order valence-corrected chi connectivity index (χ4v) is 6.13. The van der Waals surface area contributed by atoms with E-state index in [1.165, 1.54) is 23.8 Å². The third kappa shape index (κ3) is 4.73. The summed E-state index contributed by atoms with van der Waals surface area (Å²) in [7, 11) is 0. The SMILES string of the molecule is CSc1ccc(/C=C2/C(C)=C(CC(=O)N3CCC[C@H]3CN3CCCC3)c3cc(F)ccc32)cc1. The number of nitrogens with zero attached hydrogens (tertiary/aromatic N) is 2. The monoisotopic (exact) mass is 476 g/mol. The van der Waals surface area contributed by atoms with Crippen LogP contribution in [0.3, 0.4) is 0 Å². The van der Waals surface area contributed by atoms with Crippen molar-refractivity contribution in [3.63, 3.8) is 0 Å². The van der Waals surface area contributed by atoms with E-state index in [1.807, 2.05) is 6.07 Å². The highest BCUT2D eigenvalue weighted by atomic mass is 32.2. The molecule has 178 valence electrons. The fraction of sp³-hybridized carbons (Fsp3) is 0.414.